The van der Waals surface area contributed by atoms with E-state index in [4.69, 9.17) is 10.5 Å². The van der Waals surface area contributed by atoms with Crippen molar-refractivity contribution in [2.24, 2.45) is 0 Å². The van der Waals surface area contributed by atoms with Crippen molar-refractivity contribution in [3.05, 3.63) is 36.4 Å². The summed E-state index contributed by atoms with van der Waals surface area (Å²) in [7, 11) is 0. The summed E-state index contributed by atoms with van der Waals surface area (Å²) in [6.45, 7) is 8.51. The van der Waals surface area contributed by atoms with Gasteiger partial charge < -0.3 is 20.1 Å². The summed E-state index contributed by atoms with van der Waals surface area (Å²) in [5, 5.41) is 10.9. The third-order valence-corrected chi connectivity index (χ3v) is 4.97. The van der Waals surface area contributed by atoms with Crippen molar-refractivity contribution in [2.75, 3.05) is 38.6 Å². The minimum absolute atomic E-state index is 0.234. The van der Waals surface area contributed by atoms with E-state index in [-0.39, 0.29) is 5.95 Å². The lowest BCUT2D eigenvalue weighted by Crippen LogP contribution is -2.38. The van der Waals surface area contributed by atoms with Gasteiger partial charge in [0.15, 0.2) is 0 Å². The number of anilines is 1. The second kappa shape index (κ2) is 8.40. The first-order chi connectivity index (χ1) is 14.4. The van der Waals surface area contributed by atoms with Crippen LogP contribution in [-0.2, 0) is 11.3 Å². The number of pyridine rings is 1. The van der Waals surface area contributed by atoms with Gasteiger partial charge in [-0.3, -0.25) is 4.90 Å². The van der Waals surface area contributed by atoms with Crippen LogP contribution in [0.1, 0.15) is 19.5 Å². The highest BCUT2D eigenvalue weighted by molar-refractivity contribution is 5.95. The number of fused-ring (bicyclic) bond motifs is 1. The van der Waals surface area contributed by atoms with Gasteiger partial charge >= 0.3 is 0 Å². The van der Waals surface area contributed by atoms with Gasteiger partial charge in [0.1, 0.15) is 11.3 Å². The second-order valence-corrected chi connectivity index (χ2v) is 7.89. The van der Waals surface area contributed by atoms with Gasteiger partial charge in [0, 0.05) is 49.5 Å². The number of ether oxygens (including phenoxy) is 1. The van der Waals surface area contributed by atoms with E-state index in [9.17, 15) is 5.11 Å². The topological polar surface area (TPSA) is 102 Å². The largest absolute Gasteiger partial charge is 0.379 e. The van der Waals surface area contributed by atoms with Gasteiger partial charge in [0.2, 0.25) is 5.95 Å². The fourth-order valence-corrected chi connectivity index (χ4v) is 3.46. The van der Waals surface area contributed by atoms with Crippen molar-refractivity contribution in [3.8, 4) is 23.1 Å². The van der Waals surface area contributed by atoms with Crippen LogP contribution in [0.5, 0.6) is 0 Å². The summed E-state index contributed by atoms with van der Waals surface area (Å²) < 4.78 is 7.63. The molecule has 0 radical (unpaired) electrons. The first-order valence-electron chi connectivity index (χ1n) is 10.0. The standard InChI is InChI=1S/C22H26N6O2/c1-22(2,29)5-3-16-13-17-18(19-4-6-24-21(23)26-19)15-28(20(17)14-25-16)8-7-27-9-11-30-12-10-27/h4,6,13-15,29H,7-12H2,1-2H3,(H2,23,24,26). The Labute approximate surface area is 175 Å². The Bertz CT molecular complexity index is 1100. The van der Waals surface area contributed by atoms with Crippen LogP contribution < -0.4 is 5.73 Å². The molecule has 3 N–H and O–H groups in total. The quantitative estimate of drug-likeness (QED) is 0.634. The number of nitrogens with two attached hydrogens (primary N) is 1. The first kappa shape index (κ1) is 20.3. The third-order valence-electron chi connectivity index (χ3n) is 4.97. The monoisotopic (exact) mass is 406 g/mol. The minimum atomic E-state index is -1.08. The molecule has 1 aliphatic rings. The molecule has 0 aromatic carbocycles. The van der Waals surface area contributed by atoms with Crippen molar-refractivity contribution in [2.45, 2.75) is 26.0 Å². The van der Waals surface area contributed by atoms with Gasteiger partial charge in [-0.15, -0.1) is 0 Å². The maximum atomic E-state index is 9.90. The Balaban J connectivity index is 1.73. The van der Waals surface area contributed by atoms with Gasteiger partial charge in [-0.1, -0.05) is 5.92 Å². The number of nitrogens with zero attached hydrogens (tertiary/aromatic N) is 5. The Kier molecular flexibility index (Phi) is 5.68. The summed E-state index contributed by atoms with van der Waals surface area (Å²) >= 11 is 0. The summed E-state index contributed by atoms with van der Waals surface area (Å²) in [6, 6.07) is 3.78. The van der Waals surface area contributed by atoms with E-state index < -0.39 is 5.60 Å². The van der Waals surface area contributed by atoms with Gasteiger partial charge in [0.05, 0.1) is 30.6 Å². The van der Waals surface area contributed by atoms with E-state index in [1.165, 1.54) is 0 Å². The van der Waals surface area contributed by atoms with Gasteiger partial charge in [-0.25, -0.2) is 15.0 Å². The summed E-state index contributed by atoms with van der Waals surface area (Å²) in [4.78, 5) is 15.3. The number of hydrogen-bond donors (Lipinski definition) is 2. The lowest BCUT2D eigenvalue weighted by atomic mass is 10.1. The van der Waals surface area contributed by atoms with Crippen LogP contribution in [0.25, 0.3) is 22.2 Å². The van der Waals surface area contributed by atoms with E-state index in [0.29, 0.717) is 5.69 Å². The summed E-state index contributed by atoms with van der Waals surface area (Å²) in [5.74, 6) is 6.01. The normalized spacial score (nSPS) is 15.2. The molecule has 1 aliphatic heterocycles. The van der Waals surface area contributed by atoms with E-state index in [1.54, 1.807) is 20.0 Å². The number of aliphatic hydroxyl groups is 1. The molecular weight excluding hydrogens is 380 g/mol. The van der Waals surface area contributed by atoms with Gasteiger partial charge in [0.25, 0.3) is 0 Å². The van der Waals surface area contributed by atoms with Crippen LogP contribution in [0.15, 0.2) is 30.7 Å². The Morgan fingerprint density at radius 1 is 1.23 bits per heavy atom. The molecule has 0 amide bonds. The molecule has 4 heterocycles. The maximum absolute atomic E-state index is 9.90. The Morgan fingerprint density at radius 2 is 2.03 bits per heavy atom. The van der Waals surface area contributed by atoms with Crippen LogP contribution in [0.2, 0.25) is 0 Å². The fourth-order valence-electron chi connectivity index (χ4n) is 3.46. The van der Waals surface area contributed by atoms with Crippen LogP contribution in [0, 0.1) is 11.8 Å². The molecule has 0 spiro atoms. The fraction of sp³-hybridized carbons (Fsp3) is 0.409. The predicted molar refractivity (Wildman–Crippen MR) is 116 cm³/mol. The number of hydrogen-bond acceptors (Lipinski definition) is 7. The molecule has 3 aromatic rings. The van der Waals surface area contributed by atoms with Gasteiger partial charge in [-0.05, 0) is 31.9 Å². The molecule has 156 valence electrons. The predicted octanol–water partition coefficient (Wildman–Crippen LogP) is 1.53. The van der Waals surface area contributed by atoms with Crippen molar-refractivity contribution in [1.29, 1.82) is 0 Å². The van der Waals surface area contributed by atoms with E-state index in [2.05, 4.69) is 42.5 Å². The van der Waals surface area contributed by atoms with Crippen molar-refractivity contribution < 1.29 is 9.84 Å². The molecular formula is C22H26N6O2. The maximum Gasteiger partial charge on any atom is 0.220 e. The van der Waals surface area contributed by atoms with Crippen LogP contribution in [0.4, 0.5) is 5.95 Å². The molecule has 4 rings (SSSR count). The minimum Gasteiger partial charge on any atom is -0.379 e. The number of aromatic nitrogens is 4. The SMILES string of the molecule is CC(C)(O)C#Cc1cc2c(-c3ccnc(N)n3)cn(CCN3CCOCC3)c2cn1. The number of nitrogen functional groups attached to an aromatic ring is 1. The van der Waals surface area contributed by atoms with Crippen LogP contribution >= 0.6 is 0 Å². The zero-order valence-electron chi connectivity index (χ0n) is 17.3. The van der Waals surface area contributed by atoms with Crippen LogP contribution in [0.3, 0.4) is 0 Å². The average Bonchev–Trinajstić information content (AvgIpc) is 3.09. The molecule has 1 saturated heterocycles. The molecule has 30 heavy (non-hydrogen) atoms. The first-order valence-corrected chi connectivity index (χ1v) is 10.0. The Hall–Kier alpha value is -2.99. The highest BCUT2D eigenvalue weighted by Gasteiger charge is 2.15. The molecule has 0 saturated carbocycles. The molecule has 8 nitrogen and oxygen atoms in total. The average molecular weight is 406 g/mol. The van der Waals surface area contributed by atoms with E-state index in [0.717, 1.165) is 61.6 Å². The smallest absolute Gasteiger partial charge is 0.220 e. The molecule has 0 atom stereocenters. The molecule has 0 aliphatic carbocycles. The van der Waals surface area contributed by atoms with Crippen molar-refractivity contribution >= 4 is 16.9 Å². The molecule has 3 aromatic heterocycles. The van der Waals surface area contributed by atoms with Gasteiger partial charge in [-0.2, -0.15) is 0 Å². The highest BCUT2D eigenvalue weighted by Crippen LogP contribution is 2.30. The second-order valence-electron chi connectivity index (χ2n) is 7.89. The zero-order valence-corrected chi connectivity index (χ0v) is 17.3. The Morgan fingerprint density at radius 3 is 2.77 bits per heavy atom. The molecule has 8 heteroatoms. The number of rotatable bonds is 4. The van der Waals surface area contributed by atoms with E-state index in [1.807, 2.05) is 18.3 Å². The number of morpholine rings is 1. The lowest BCUT2D eigenvalue weighted by molar-refractivity contribution is 0.0365. The van der Waals surface area contributed by atoms with E-state index >= 15 is 0 Å². The highest BCUT2D eigenvalue weighted by atomic mass is 16.5. The molecule has 0 bridgehead atoms. The van der Waals surface area contributed by atoms with Crippen LogP contribution in [-0.4, -0.2) is 68.0 Å². The van der Waals surface area contributed by atoms with Crippen molar-refractivity contribution in [1.82, 2.24) is 24.4 Å². The third kappa shape index (κ3) is 4.76. The molecule has 1 fully saturated rings. The summed E-state index contributed by atoms with van der Waals surface area (Å²) in [5.41, 5.74) is 8.05. The molecule has 0 unspecified atom stereocenters. The lowest BCUT2D eigenvalue weighted by Gasteiger charge is -2.26. The van der Waals surface area contributed by atoms with Crippen molar-refractivity contribution in [3.63, 3.8) is 0 Å². The zero-order chi connectivity index (χ0) is 21.1. The summed E-state index contributed by atoms with van der Waals surface area (Å²) in [6.07, 6.45) is 5.57.